The van der Waals surface area contributed by atoms with Gasteiger partial charge in [0.05, 0.1) is 6.04 Å². The van der Waals surface area contributed by atoms with Gasteiger partial charge < -0.3 is 11.5 Å². The SMILES string of the molecule is C=NC(N)=N[C@@H]1CCC[C@](C)(N)C1. The van der Waals surface area contributed by atoms with Crippen LogP contribution in [0.3, 0.4) is 0 Å². The molecule has 0 radical (unpaired) electrons. The standard InChI is InChI=1S/C9H18N4/c1-9(11)5-3-4-7(6-9)13-8(10)12-2/h7H,2-6,11H2,1H3,(H2,10,13)/t7-,9+/m1/s1. The lowest BCUT2D eigenvalue weighted by molar-refractivity contribution is 0.293. The van der Waals surface area contributed by atoms with Gasteiger partial charge in [-0.1, -0.05) is 0 Å². The van der Waals surface area contributed by atoms with E-state index >= 15 is 0 Å². The normalized spacial score (nSPS) is 35.8. The van der Waals surface area contributed by atoms with Crippen molar-refractivity contribution in [2.45, 2.75) is 44.2 Å². The fourth-order valence-electron chi connectivity index (χ4n) is 1.82. The first-order chi connectivity index (χ1) is 6.03. The molecule has 0 heterocycles. The summed E-state index contributed by atoms with van der Waals surface area (Å²) in [5, 5.41) is 0. The molecule has 0 spiro atoms. The van der Waals surface area contributed by atoms with E-state index < -0.39 is 0 Å². The van der Waals surface area contributed by atoms with Gasteiger partial charge in [0, 0.05) is 5.54 Å². The van der Waals surface area contributed by atoms with Gasteiger partial charge in [0.15, 0.2) is 0 Å². The minimum absolute atomic E-state index is 0.0894. The van der Waals surface area contributed by atoms with Gasteiger partial charge in [-0.2, -0.15) is 0 Å². The summed E-state index contributed by atoms with van der Waals surface area (Å²) in [7, 11) is 0. The Balaban J connectivity index is 2.57. The van der Waals surface area contributed by atoms with E-state index in [4.69, 9.17) is 11.5 Å². The molecule has 0 saturated heterocycles. The largest absolute Gasteiger partial charge is 0.368 e. The van der Waals surface area contributed by atoms with Crippen LogP contribution in [-0.2, 0) is 0 Å². The van der Waals surface area contributed by atoms with Crippen molar-refractivity contribution < 1.29 is 0 Å². The van der Waals surface area contributed by atoms with Crippen LogP contribution >= 0.6 is 0 Å². The maximum absolute atomic E-state index is 6.03. The third-order valence-corrected chi connectivity index (χ3v) is 2.46. The molecule has 1 saturated carbocycles. The molecule has 0 aromatic carbocycles. The van der Waals surface area contributed by atoms with Gasteiger partial charge in [0.1, 0.15) is 0 Å². The summed E-state index contributed by atoms with van der Waals surface area (Å²) in [6.07, 6.45) is 4.14. The Morgan fingerprint density at radius 1 is 1.62 bits per heavy atom. The van der Waals surface area contributed by atoms with Crippen LogP contribution in [0.5, 0.6) is 0 Å². The summed E-state index contributed by atoms with van der Waals surface area (Å²) in [4.78, 5) is 7.80. The maximum Gasteiger partial charge on any atom is 0.214 e. The van der Waals surface area contributed by atoms with Crippen LogP contribution in [0.25, 0.3) is 0 Å². The molecule has 1 aliphatic carbocycles. The molecule has 0 amide bonds. The van der Waals surface area contributed by atoms with Gasteiger partial charge in [-0.25, -0.2) is 9.98 Å². The summed E-state index contributed by atoms with van der Waals surface area (Å²) < 4.78 is 0. The van der Waals surface area contributed by atoms with Crippen molar-refractivity contribution in [2.75, 3.05) is 0 Å². The Bertz CT molecular complexity index is 220. The Morgan fingerprint density at radius 3 is 2.85 bits per heavy atom. The first-order valence-corrected chi connectivity index (χ1v) is 4.62. The van der Waals surface area contributed by atoms with E-state index in [0.717, 1.165) is 25.7 Å². The molecular formula is C9H18N4. The van der Waals surface area contributed by atoms with Crippen LogP contribution in [0.2, 0.25) is 0 Å². The van der Waals surface area contributed by atoms with E-state index in [0.29, 0.717) is 0 Å². The smallest absolute Gasteiger partial charge is 0.214 e. The number of nitrogens with two attached hydrogens (primary N) is 2. The number of guanidine groups is 1. The Morgan fingerprint density at radius 2 is 2.31 bits per heavy atom. The van der Waals surface area contributed by atoms with Crippen molar-refractivity contribution in [3.8, 4) is 0 Å². The minimum atomic E-state index is -0.0894. The van der Waals surface area contributed by atoms with Gasteiger partial charge in [-0.05, 0) is 39.3 Å². The lowest BCUT2D eigenvalue weighted by Gasteiger charge is -2.33. The molecule has 0 aromatic rings. The van der Waals surface area contributed by atoms with E-state index in [-0.39, 0.29) is 17.5 Å². The number of aliphatic imine (C=N–C) groups is 2. The highest BCUT2D eigenvalue weighted by Gasteiger charge is 2.28. The zero-order valence-corrected chi connectivity index (χ0v) is 8.16. The highest BCUT2D eigenvalue weighted by atomic mass is 15.0. The van der Waals surface area contributed by atoms with Gasteiger partial charge in [-0.15, -0.1) is 0 Å². The van der Waals surface area contributed by atoms with Gasteiger partial charge >= 0.3 is 0 Å². The Kier molecular flexibility index (Phi) is 3.03. The molecule has 1 aliphatic rings. The second-order valence-electron chi connectivity index (χ2n) is 4.05. The zero-order valence-electron chi connectivity index (χ0n) is 8.16. The highest BCUT2D eigenvalue weighted by molar-refractivity contribution is 5.82. The van der Waals surface area contributed by atoms with Crippen LogP contribution in [0, 0.1) is 0 Å². The molecule has 0 aromatic heterocycles. The average molecular weight is 182 g/mol. The molecule has 0 unspecified atom stereocenters. The van der Waals surface area contributed by atoms with Crippen LogP contribution < -0.4 is 11.5 Å². The molecule has 2 atom stereocenters. The summed E-state index contributed by atoms with van der Waals surface area (Å²) in [5.41, 5.74) is 11.4. The van der Waals surface area contributed by atoms with E-state index in [1.807, 2.05) is 0 Å². The molecule has 1 fully saturated rings. The van der Waals surface area contributed by atoms with E-state index in [9.17, 15) is 0 Å². The molecule has 1 rings (SSSR count). The van der Waals surface area contributed by atoms with Crippen molar-refractivity contribution in [1.29, 1.82) is 0 Å². The van der Waals surface area contributed by atoms with Crippen molar-refractivity contribution in [1.82, 2.24) is 0 Å². The van der Waals surface area contributed by atoms with Crippen LogP contribution in [0.15, 0.2) is 9.98 Å². The number of nitrogens with zero attached hydrogens (tertiary/aromatic N) is 2. The monoisotopic (exact) mass is 182 g/mol. The van der Waals surface area contributed by atoms with E-state index in [1.165, 1.54) is 0 Å². The van der Waals surface area contributed by atoms with E-state index in [2.05, 4.69) is 23.6 Å². The summed E-state index contributed by atoms with van der Waals surface area (Å²) >= 11 is 0. The molecule has 13 heavy (non-hydrogen) atoms. The first kappa shape index (κ1) is 10.2. The third-order valence-electron chi connectivity index (χ3n) is 2.46. The number of hydrogen-bond acceptors (Lipinski definition) is 2. The van der Waals surface area contributed by atoms with E-state index in [1.54, 1.807) is 0 Å². The summed E-state index contributed by atoms with van der Waals surface area (Å²) in [5.74, 6) is 0.280. The lowest BCUT2D eigenvalue weighted by atomic mass is 9.81. The fourth-order valence-corrected chi connectivity index (χ4v) is 1.82. The second-order valence-corrected chi connectivity index (χ2v) is 4.05. The van der Waals surface area contributed by atoms with Crippen LogP contribution in [0.4, 0.5) is 0 Å². The topological polar surface area (TPSA) is 76.8 Å². The fraction of sp³-hybridized carbons (Fsp3) is 0.778. The molecule has 4 heteroatoms. The van der Waals surface area contributed by atoms with Crippen molar-refractivity contribution >= 4 is 12.7 Å². The Hall–Kier alpha value is -0.900. The van der Waals surface area contributed by atoms with Crippen LogP contribution in [0.1, 0.15) is 32.6 Å². The van der Waals surface area contributed by atoms with Crippen LogP contribution in [-0.4, -0.2) is 24.3 Å². The zero-order chi connectivity index (χ0) is 9.90. The van der Waals surface area contributed by atoms with Gasteiger partial charge in [0.2, 0.25) is 5.96 Å². The summed E-state index contributed by atoms with van der Waals surface area (Å²) in [6.45, 7) is 5.39. The molecule has 0 bridgehead atoms. The minimum Gasteiger partial charge on any atom is -0.368 e. The maximum atomic E-state index is 6.03. The van der Waals surface area contributed by atoms with Crippen molar-refractivity contribution in [3.05, 3.63) is 0 Å². The molecule has 0 aliphatic heterocycles. The molecular weight excluding hydrogens is 164 g/mol. The predicted molar refractivity (Wildman–Crippen MR) is 56.0 cm³/mol. The summed E-state index contributed by atoms with van der Waals surface area (Å²) in [6, 6.07) is 0.231. The quantitative estimate of drug-likeness (QED) is 0.461. The molecule has 4 nitrogen and oxygen atoms in total. The van der Waals surface area contributed by atoms with Gasteiger partial charge in [0.25, 0.3) is 0 Å². The predicted octanol–water partition coefficient (Wildman–Crippen LogP) is 0.662. The Labute approximate surface area is 79.1 Å². The molecule has 4 N–H and O–H groups in total. The highest BCUT2D eigenvalue weighted by Crippen LogP contribution is 2.27. The first-order valence-electron chi connectivity index (χ1n) is 4.62. The average Bonchev–Trinajstić information content (AvgIpc) is 2.02. The lowest BCUT2D eigenvalue weighted by Crippen LogP contribution is -2.42. The van der Waals surface area contributed by atoms with Gasteiger partial charge in [-0.3, -0.25) is 0 Å². The molecule has 74 valence electrons. The van der Waals surface area contributed by atoms with Crippen molar-refractivity contribution in [2.24, 2.45) is 21.5 Å². The number of rotatable bonds is 1. The number of hydrogen-bond donors (Lipinski definition) is 2. The van der Waals surface area contributed by atoms with Crippen molar-refractivity contribution in [3.63, 3.8) is 0 Å². The third kappa shape index (κ3) is 3.14. The second kappa shape index (κ2) is 3.87.